The van der Waals surface area contributed by atoms with Gasteiger partial charge in [0.1, 0.15) is 10.7 Å². The van der Waals surface area contributed by atoms with Crippen molar-refractivity contribution in [1.29, 1.82) is 0 Å². The van der Waals surface area contributed by atoms with Crippen LogP contribution in [0.3, 0.4) is 0 Å². The fourth-order valence-electron chi connectivity index (χ4n) is 2.89. The Morgan fingerprint density at radius 3 is 2.71 bits per heavy atom. The minimum atomic E-state index is 0.696. The summed E-state index contributed by atoms with van der Waals surface area (Å²) in [6.07, 6.45) is 6.16. The van der Waals surface area contributed by atoms with E-state index in [9.17, 15) is 0 Å². The maximum absolute atomic E-state index is 6.30. The van der Waals surface area contributed by atoms with E-state index in [0.29, 0.717) is 6.54 Å². The number of hydrogen-bond donors (Lipinski definition) is 0. The van der Waals surface area contributed by atoms with Gasteiger partial charge in [0.2, 0.25) is 0 Å². The minimum absolute atomic E-state index is 0.696. The van der Waals surface area contributed by atoms with E-state index in [0.717, 1.165) is 42.7 Å². The van der Waals surface area contributed by atoms with Crippen LogP contribution in [0.15, 0.2) is 36.5 Å². The number of hydrogen-bond acceptors (Lipinski definition) is 5. The summed E-state index contributed by atoms with van der Waals surface area (Å²) in [5.74, 6) is 0. The molecule has 0 bridgehead atoms. The summed E-state index contributed by atoms with van der Waals surface area (Å²) >= 11 is 8.00. The van der Waals surface area contributed by atoms with Crippen molar-refractivity contribution >= 4 is 41.0 Å². The van der Waals surface area contributed by atoms with Gasteiger partial charge in [-0.05, 0) is 11.6 Å². The lowest BCUT2D eigenvalue weighted by Crippen LogP contribution is -2.36. The van der Waals surface area contributed by atoms with Gasteiger partial charge in [-0.15, -0.1) is 11.3 Å². The molecule has 0 radical (unpaired) electrons. The molecule has 4 nitrogen and oxygen atoms in total. The summed E-state index contributed by atoms with van der Waals surface area (Å²) in [6.45, 7) is 3.95. The molecule has 0 unspecified atom stereocenters. The van der Waals surface area contributed by atoms with Crippen LogP contribution in [0, 0.1) is 0 Å². The average Bonchev–Trinajstić information content (AvgIpc) is 3.03. The Bertz CT molecular complexity index is 766. The summed E-state index contributed by atoms with van der Waals surface area (Å²) in [7, 11) is 0. The van der Waals surface area contributed by atoms with Gasteiger partial charge in [-0.25, -0.2) is 4.98 Å². The van der Waals surface area contributed by atoms with Crippen LogP contribution in [0.25, 0.3) is 17.8 Å². The number of morpholine rings is 1. The Morgan fingerprint density at radius 1 is 1.12 bits per heavy atom. The minimum Gasteiger partial charge on any atom is -0.378 e. The largest absolute Gasteiger partial charge is 0.378 e. The van der Waals surface area contributed by atoms with Crippen molar-refractivity contribution in [2.45, 2.75) is 6.54 Å². The number of rotatable bonds is 3. The molecule has 2 aliphatic heterocycles. The third-order valence-corrected chi connectivity index (χ3v) is 5.31. The van der Waals surface area contributed by atoms with Crippen LogP contribution in [0.5, 0.6) is 0 Å². The van der Waals surface area contributed by atoms with Gasteiger partial charge in [0, 0.05) is 31.1 Å². The Labute approximate surface area is 150 Å². The topological polar surface area (TPSA) is 28.6 Å². The molecule has 0 aliphatic carbocycles. The molecule has 3 heterocycles. The Hall–Kier alpha value is -1.82. The molecule has 0 N–H and O–H groups in total. The maximum Gasteiger partial charge on any atom is 0.117 e. The van der Waals surface area contributed by atoms with Crippen molar-refractivity contribution < 1.29 is 4.74 Å². The monoisotopic (exact) mass is 359 g/mol. The van der Waals surface area contributed by atoms with Gasteiger partial charge in [-0.2, -0.15) is 0 Å². The Morgan fingerprint density at radius 2 is 1.92 bits per heavy atom. The molecule has 1 saturated heterocycles. The number of thiazole rings is 1. The lowest BCUT2D eigenvalue weighted by Gasteiger charge is -2.33. The van der Waals surface area contributed by atoms with Crippen LogP contribution in [0.2, 0.25) is 0 Å². The van der Waals surface area contributed by atoms with E-state index in [-0.39, 0.29) is 0 Å². The molecule has 4 rings (SSSR count). The van der Waals surface area contributed by atoms with Crippen LogP contribution in [0.4, 0.5) is 0 Å². The van der Waals surface area contributed by atoms with E-state index >= 15 is 0 Å². The number of fused-ring (bicyclic) bond motifs is 1. The highest BCUT2D eigenvalue weighted by atomic mass is 35.5. The summed E-state index contributed by atoms with van der Waals surface area (Å²) < 4.78 is 7.17. The number of nitrogens with zero attached hydrogens (tertiary/aromatic N) is 3. The van der Waals surface area contributed by atoms with Gasteiger partial charge in [-0.3, -0.25) is 4.42 Å². The number of ether oxygens (including phenoxy) is 1. The zero-order valence-corrected chi connectivity index (χ0v) is 14.8. The van der Waals surface area contributed by atoms with Gasteiger partial charge in [0.05, 0.1) is 30.3 Å². The second-order valence-corrected chi connectivity index (χ2v) is 7.29. The quantitative estimate of drug-likeness (QED) is 0.777. The first-order valence-electron chi connectivity index (χ1n) is 8.00. The molecule has 0 saturated carbocycles. The lowest BCUT2D eigenvalue weighted by atomic mass is 10.2. The standard InChI is InChI=1S/C18H18ClN3OS/c19-22-12-15(21-8-10-23-11-9-21)18-16(13-22)24-17(20-18)7-6-14-4-2-1-3-5-14/h1-7,12H,8-11,13H2. The van der Waals surface area contributed by atoms with Crippen LogP contribution in [0.1, 0.15) is 21.1 Å². The number of benzene rings is 1. The molecule has 24 heavy (non-hydrogen) atoms. The summed E-state index contributed by atoms with van der Waals surface area (Å²) in [6, 6.07) is 10.3. The average molecular weight is 360 g/mol. The highest BCUT2D eigenvalue weighted by molar-refractivity contribution is 7.12. The van der Waals surface area contributed by atoms with Gasteiger partial charge in [0.15, 0.2) is 0 Å². The van der Waals surface area contributed by atoms with E-state index in [1.807, 2.05) is 24.4 Å². The fraction of sp³-hybridized carbons (Fsp3) is 0.278. The van der Waals surface area contributed by atoms with E-state index in [4.69, 9.17) is 21.5 Å². The summed E-state index contributed by atoms with van der Waals surface area (Å²) in [4.78, 5) is 8.37. The van der Waals surface area contributed by atoms with E-state index in [2.05, 4.69) is 29.2 Å². The van der Waals surface area contributed by atoms with Crippen molar-refractivity contribution in [1.82, 2.24) is 14.3 Å². The Balaban J connectivity index is 1.61. The molecule has 2 aliphatic rings. The molecule has 0 atom stereocenters. The third kappa shape index (κ3) is 3.34. The predicted octanol–water partition coefficient (Wildman–Crippen LogP) is 3.91. The smallest absolute Gasteiger partial charge is 0.117 e. The first-order chi connectivity index (χ1) is 11.8. The molecular formula is C18H18ClN3OS. The summed E-state index contributed by atoms with van der Waals surface area (Å²) in [5.41, 5.74) is 3.34. The highest BCUT2D eigenvalue weighted by Gasteiger charge is 2.26. The predicted molar refractivity (Wildman–Crippen MR) is 99.2 cm³/mol. The zero-order chi connectivity index (χ0) is 16.4. The van der Waals surface area contributed by atoms with Crippen molar-refractivity contribution in [3.05, 3.63) is 57.7 Å². The van der Waals surface area contributed by atoms with Crippen molar-refractivity contribution in [2.75, 3.05) is 26.3 Å². The third-order valence-electron chi connectivity index (χ3n) is 4.08. The molecule has 2 aromatic rings. The van der Waals surface area contributed by atoms with Crippen LogP contribution >= 0.6 is 23.1 Å². The molecule has 1 fully saturated rings. The van der Waals surface area contributed by atoms with Crippen molar-refractivity contribution in [3.8, 4) is 0 Å². The van der Waals surface area contributed by atoms with Gasteiger partial charge >= 0.3 is 0 Å². The van der Waals surface area contributed by atoms with Crippen LogP contribution in [-0.4, -0.2) is 40.6 Å². The number of halogens is 1. The second-order valence-electron chi connectivity index (χ2n) is 5.74. The number of aromatic nitrogens is 1. The SMILES string of the molecule is ClN1C=C(N2CCOCC2)c2nc(C=Cc3ccccc3)sc2C1. The highest BCUT2D eigenvalue weighted by Crippen LogP contribution is 2.34. The first-order valence-corrected chi connectivity index (χ1v) is 9.15. The first kappa shape index (κ1) is 15.7. The van der Waals surface area contributed by atoms with Gasteiger partial charge in [-0.1, -0.05) is 36.4 Å². The van der Waals surface area contributed by atoms with Crippen LogP contribution < -0.4 is 0 Å². The normalized spacial score (nSPS) is 18.0. The molecule has 0 amide bonds. The van der Waals surface area contributed by atoms with E-state index in [1.54, 1.807) is 15.8 Å². The maximum atomic E-state index is 6.30. The van der Waals surface area contributed by atoms with Crippen LogP contribution in [-0.2, 0) is 11.3 Å². The lowest BCUT2D eigenvalue weighted by molar-refractivity contribution is 0.0633. The molecule has 6 heteroatoms. The van der Waals surface area contributed by atoms with Crippen molar-refractivity contribution in [3.63, 3.8) is 0 Å². The Kier molecular flexibility index (Phi) is 4.56. The molecular weight excluding hydrogens is 342 g/mol. The van der Waals surface area contributed by atoms with Gasteiger partial charge < -0.3 is 9.64 Å². The zero-order valence-electron chi connectivity index (χ0n) is 13.2. The summed E-state index contributed by atoms with van der Waals surface area (Å²) in [5, 5.41) is 1.01. The second kappa shape index (κ2) is 6.97. The molecule has 0 spiro atoms. The molecule has 124 valence electrons. The van der Waals surface area contributed by atoms with Gasteiger partial charge in [0.25, 0.3) is 0 Å². The van der Waals surface area contributed by atoms with E-state index in [1.165, 1.54) is 10.4 Å². The van der Waals surface area contributed by atoms with Crippen molar-refractivity contribution in [2.24, 2.45) is 0 Å². The fourth-order valence-corrected chi connectivity index (χ4v) is 4.15. The van der Waals surface area contributed by atoms with E-state index < -0.39 is 0 Å². The molecule has 1 aromatic heterocycles. The molecule has 1 aromatic carbocycles.